The Kier molecular flexibility index (Phi) is 3.63. The van der Waals surface area contributed by atoms with E-state index < -0.39 is 0 Å². The van der Waals surface area contributed by atoms with Crippen LogP contribution in [0, 0.1) is 0 Å². The first-order chi connectivity index (χ1) is 13.2. The fourth-order valence-corrected chi connectivity index (χ4v) is 3.97. The highest BCUT2D eigenvalue weighted by molar-refractivity contribution is 5.97. The van der Waals surface area contributed by atoms with E-state index in [4.69, 9.17) is 5.73 Å². The van der Waals surface area contributed by atoms with E-state index in [1.165, 1.54) is 24.9 Å². The minimum absolute atomic E-state index is 0.235. The van der Waals surface area contributed by atoms with Crippen LogP contribution in [-0.4, -0.2) is 28.0 Å². The molecule has 4 N–H and O–H groups in total. The van der Waals surface area contributed by atoms with Crippen LogP contribution >= 0.6 is 0 Å². The van der Waals surface area contributed by atoms with Crippen LogP contribution in [0.5, 0.6) is 0 Å². The number of hydrogen-bond acceptors (Lipinski definition) is 4. The molecule has 6 heteroatoms. The Labute approximate surface area is 156 Å². The van der Waals surface area contributed by atoms with Gasteiger partial charge in [-0.1, -0.05) is 18.2 Å². The number of aromatic amines is 2. The second kappa shape index (κ2) is 6.16. The van der Waals surface area contributed by atoms with Gasteiger partial charge >= 0.3 is 0 Å². The Morgan fingerprint density at radius 2 is 1.78 bits per heavy atom. The predicted octanol–water partition coefficient (Wildman–Crippen LogP) is 3.64. The van der Waals surface area contributed by atoms with Crippen molar-refractivity contribution in [2.24, 2.45) is 0 Å². The number of pyridine rings is 1. The zero-order valence-electron chi connectivity index (χ0n) is 15.0. The van der Waals surface area contributed by atoms with Crippen molar-refractivity contribution in [3.8, 4) is 11.4 Å². The molecular weight excluding hydrogens is 338 g/mol. The molecule has 0 spiro atoms. The fourth-order valence-electron chi connectivity index (χ4n) is 3.97. The SMILES string of the molecule is Nc1c(-c2nc3cc(N4CCCCC4)ccc3[nH]2)c(=O)[nH]c2ccccc12. The van der Waals surface area contributed by atoms with Crippen molar-refractivity contribution in [1.29, 1.82) is 0 Å². The van der Waals surface area contributed by atoms with Gasteiger partial charge in [0.15, 0.2) is 0 Å². The Morgan fingerprint density at radius 3 is 2.63 bits per heavy atom. The topological polar surface area (TPSA) is 90.8 Å². The number of anilines is 2. The highest BCUT2D eigenvalue weighted by Gasteiger charge is 2.17. The third-order valence-corrected chi connectivity index (χ3v) is 5.39. The molecule has 1 aliphatic heterocycles. The summed E-state index contributed by atoms with van der Waals surface area (Å²) in [5.74, 6) is 0.505. The summed E-state index contributed by atoms with van der Waals surface area (Å²) in [6, 6.07) is 13.8. The number of nitrogens with zero attached hydrogens (tertiary/aromatic N) is 2. The van der Waals surface area contributed by atoms with E-state index in [2.05, 4.69) is 32.0 Å². The van der Waals surface area contributed by atoms with Crippen molar-refractivity contribution >= 4 is 33.3 Å². The van der Waals surface area contributed by atoms with Crippen LogP contribution in [0.1, 0.15) is 19.3 Å². The molecule has 5 rings (SSSR count). The first-order valence-electron chi connectivity index (χ1n) is 9.36. The van der Waals surface area contributed by atoms with E-state index in [1.54, 1.807) is 0 Å². The summed E-state index contributed by atoms with van der Waals surface area (Å²) < 4.78 is 0. The number of benzene rings is 2. The summed E-state index contributed by atoms with van der Waals surface area (Å²) in [6.45, 7) is 2.17. The van der Waals surface area contributed by atoms with Gasteiger partial charge in [-0.3, -0.25) is 4.79 Å². The van der Waals surface area contributed by atoms with Gasteiger partial charge in [-0.2, -0.15) is 0 Å². The van der Waals surface area contributed by atoms with E-state index in [0.717, 1.165) is 35.0 Å². The summed E-state index contributed by atoms with van der Waals surface area (Å²) in [5.41, 5.74) is 10.6. The number of nitrogens with two attached hydrogens (primary N) is 1. The average molecular weight is 359 g/mol. The molecule has 1 saturated heterocycles. The van der Waals surface area contributed by atoms with Crippen LogP contribution in [0.3, 0.4) is 0 Å². The molecule has 3 heterocycles. The second-order valence-corrected chi connectivity index (χ2v) is 7.12. The van der Waals surface area contributed by atoms with Crippen LogP contribution < -0.4 is 16.2 Å². The molecule has 0 bridgehead atoms. The van der Waals surface area contributed by atoms with Crippen LogP contribution in [0.15, 0.2) is 47.3 Å². The van der Waals surface area contributed by atoms with Crippen LogP contribution in [0.4, 0.5) is 11.4 Å². The number of H-pyrrole nitrogens is 2. The number of nitrogens with one attached hydrogen (secondary N) is 2. The van der Waals surface area contributed by atoms with Gasteiger partial charge in [-0.25, -0.2) is 4.98 Å². The summed E-state index contributed by atoms with van der Waals surface area (Å²) in [4.78, 5) is 25.9. The van der Waals surface area contributed by atoms with E-state index >= 15 is 0 Å². The molecule has 2 aromatic heterocycles. The maximum Gasteiger partial charge on any atom is 0.261 e. The Morgan fingerprint density at radius 1 is 0.963 bits per heavy atom. The molecule has 4 aromatic rings. The molecule has 0 amide bonds. The summed E-state index contributed by atoms with van der Waals surface area (Å²) >= 11 is 0. The predicted molar refractivity (Wildman–Crippen MR) is 110 cm³/mol. The number of fused-ring (bicyclic) bond motifs is 2. The van der Waals surface area contributed by atoms with Crippen LogP contribution in [0.25, 0.3) is 33.3 Å². The minimum atomic E-state index is -0.235. The molecule has 2 aromatic carbocycles. The Hall–Kier alpha value is -3.28. The maximum atomic E-state index is 12.6. The Balaban J connectivity index is 1.63. The first kappa shape index (κ1) is 15.9. The molecule has 0 aliphatic carbocycles. The zero-order valence-corrected chi connectivity index (χ0v) is 15.0. The van der Waals surface area contributed by atoms with Crippen molar-refractivity contribution in [2.75, 3.05) is 23.7 Å². The van der Waals surface area contributed by atoms with E-state index in [9.17, 15) is 4.79 Å². The lowest BCUT2D eigenvalue weighted by Gasteiger charge is -2.28. The third-order valence-electron chi connectivity index (χ3n) is 5.39. The van der Waals surface area contributed by atoms with Gasteiger partial charge in [0.1, 0.15) is 11.4 Å². The lowest BCUT2D eigenvalue weighted by Crippen LogP contribution is -2.29. The quantitative estimate of drug-likeness (QED) is 0.509. The van der Waals surface area contributed by atoms with E-state index in [0.29, 0.717) is 17.1 Å². The highest BCUT2D eigenvalue weighted by Crippen LogP contribution is 2.29. The normalized spacial score (nSPS) is 14.9. The minimum Gasteiger partial charge on any atom is -0.397 e. The third kappa shape index (κ3) is 2.65. The molecule has 0 radical (unpaired) electrons. The lowest BCUT2D eigenvalue weighted by atomic mass is 10.1. The summed E-state index contributed by atoms with van der Waals surface area (Å²) in [7, 11) is 0. The fraction of sp³-hybridized carbons (Fsp3) is 0.238. The van der Waals surface area contributed by atoms with Crippen molar-refractivity contribution in [3.63, 3.8) is 0 Å². The molecule has 0 unspecified atom stereocenters. The zero-order chi connectivity index (χ0) is 18.4. The summed E-state index contributed by atoms with van der Waals surface area (Å²) in [6.07, 6.45) is 3.76. The molecule has 27 heavy (non-hydrogen) atoms. The van der Waals surface area contributed by atoms with Crippen molar-refractivity contribution in [3.05, 3.63) is 52.8 Å². The van der Waals surface area contributed by atoms with Gasteiger partial charge in [-0.15, -0.1) is 0 Å². The average Bonchev–Trinajstić information content (AvgIpc) is 3.11. The number of hydrogen-bond donors (Lipinski definition) is 3. The number of imidazole rings is 1. The highest BCUT2D eigenvalue weighted by atomic mass is 16.1. The van der Waals surface area contributed by atoms with Gasteiger partial charge in [0.05, 0.1) is 22.2 Å². The van der Waals surface area contributed by atoms with Gasteiger partial charge in [0.2, 0.25) is 0 Å². The van der Waals surface area contributed by atoms with Gasteiger partial charge < -0.3 is 20.6 Å². The monoisotopic (exact) mass is 359 g/mol. The van der Waals surface area contributed by atoms with Gasteiger partial charge in [0.25, 0.3) is 5.56 Å². The number of nitrogen functional groups attached to an aromatic ring is 1. The number of piperidine rings is 1. The maximum absolute atomic E-state index is 12.6. The smallest absolute Gasteiger partial charge is 0.261 e. The number of aromatic nitrogens is 3. The number of rotatable bonds is 2. The molecular formula is C21H21N5O. The van der Waals surface area contributed by atoms with Crippen molar-refractivity contribution in [1.82, 2.24) is 15.0 Å². The lowest BCUT2D eigenvalue weighted by molar-refractivity contribution is 0.578. The van der Waals surface area contributed by atoms with Crippen LogP contribution in [0.2, 0.25) is 0 Å². The molecule has 1 aliphatic rings. The number of para-hydroxylation sites is 1. The van der Waals surface area contributed by atoms with Crippen molar-refractivity contribution in [2.45, 2.75) is 19.3 Å². The van der Waals surface area contributed by atoms with Crippen LogP contribution in [-0.2, 0) is 0 Å². The first-order valence-corrected chi connectivity index (χ1v) is 9.36. The van der Waals surface area contributed by atoms with Crippen molar-refractivity contribution < 1.29 is 0 Å². The molecule has 1 fully saturated rings. The largest absolute Gasteiger partial charge is 0.397 e. The molecule has 6 nitrogen and oxygen atoms in total. The van der Waals surface area contributed by atoms with E-state index in [1.807, 2.05) is 30.3 Å². The summed E-state index contributed by atoms with van der Waals surface area (Å²) in [5, 5.41) is 0.821. The van der Waals surface area contributed by atoms with Gasteiger partial charge in [0, 0.05) is 24.2 Å². The van der Waals surface area contributed by atoms with Gasteiger partial charge in [-0.05, 0) is 43.5 Å². The standard InChI is InChI=1S/C21H21N5O/c22-19-14-6-2-3-7-15(14)25-21(27)18(19)20-23-16-9-8-13(12-17(16)24-20)26-10-4-1-5-11-26/h2-3,6-9,12H,1,4-5,10-11H2,(H,23,24)(H3,22,25,27). The molecule has 0 saturated carbocycles. The molecule has 136 valence electrons. The Bertz CT molecular complexity index is 1200. The second-order valence-electron chi connectivity index (χ2n) is 7.12. The van der Waals surface area contributed by atoms with E-state index in [-0.39, 0.29) is 5.56 Å². The molecule has 0 atom stereocenters.